The second kappa shape index (κ2) is 8.59. The van der Waals surface area contributed by atoms with E-state index in [1.54, 1.807) is 0 Å². The third-order valence-corrected chi connectivity index (χ3v) is 6.23. The van der Waals surface area contributed by atoms with Crippen molar-refractivity contribution in [3.63, 3.8) is 0 Å². The smallest absolute Gasteiger partial charge is 0.116 e. The van der Waals surface area contributed by atoms with Gasteiger partial charge < -0.3 is 9.47 Å². The minimum absolute atomic E-state index is 0.0727. The van der Waals surface area contributed by atoms with Gasteiger partial charge in [-0.05, 0) is 88.8 Å². The van der Waals surface area contributed by atoms with Gasteiger partial charge in [0, 0.05) is 12.6 Å². The number of hydrogen-bond acceptors (Lipinski definition) is 3. The Morgan fingerprint density at radius 3 is 1.76 bits per heavy atom. The number of nitrogens with zero attached hydrogens (tertiary/aromatic N) is 1. The van der Waals surface area contributed by atoms with Gasteiger partial charge in [0.15, 0.2) is 0 Å². The summed E-state index contributed by atoms with van der Waals surface area (Å²) in [5.74, 6) is 0. The van der Waals surface area contributed by atoms with Gasteiger partial charge in [-0.25, -0.2) is 0 Å². The highest BCUT2D eigenvalue weighted by Crippen LogP contribution is 2.36. The van der Waals surface area contributed by atoms with Crippen LogP contribution in [0.2, 0.25) is 0 Å². The first-order chi connectivity index (χ1) is 13.6. The lowest BCUT2D eigenvalue weighted by molar-refractivity contribution is -0.104. The van der Waals surface area contributed by atoms with E-state index in [0.29, 0.717) is 12.6 Å². The topological polar surface area (TPSA) is 21.7 Å². The van der Waals surface area contributed by atoms with E-state index in [1.165, 1.54) is 33.4 Å². The largest absolute Gasteiger partial charge is 0.366 e. The van der Waals surface area contributed by atoms with Crippen molar-refractivity contribution >= 4 is 0 Å². The lowest BCUT2D eigenvalue weighted by Gasteiger charge is -2.32. The second-order valence-corrected chi connectivity index (χ2v) is 9.26. The Bertz CT molecular complexity index is 764. The van der Waals surface area contributed by atoms with Crippen LogP contribution in [0.4, 0.5) is 0 Å². The van der Waals surface area contributed by atoms with Crippen molar-refractivity contribution in [3.05, 3.63) is 69.8 Å². The maximum Gasteiger partial charge on any atom is 0.116 e. The second-order valence-electron chi connectivity index (χ2n) is 9.26. The predicted molar refractivity (Wildman–Crippen MR) is 120 cm³/mol. The highest BCUT2D eigenvalue weighted by atomic mass is 16.6. The summed E-state index contributed by atoms with van der Waals surface area (Å²) < 4.78 is 13.1. The Balaban J connectivity index is 1.92. The van der Waals surface area contributed by atoms with Crippen molar-refractivity contribution in [1.82, 2.24) is 4.90 Å². The molecule has 1 aliphatic rings. The first-order valence-corrected chi connectivity index (χ1v) is 10.8. The lowest BCUT2D eigenvalue weighted by Crippen LogP contribution is -2.43. The summed E-state index contributed by atoms with van der Waals surface area (Å²) in [6.45, 7) is 19.0. The molecule has 1 heterocycles. The third-order valence-electron chi connectivity index (χ3n) is 6.23. The molecule has 0 aliphatic carbocycles. The molecule has 0 amide bonds. The third kappa shape index (κ3) is 4.58. The standard InChI is InChI=1S/C26H37NO2/c1-17(2)27-15-22(29-26(27,7)8)16-28-25(23-18(3)11-9-12-19(23)4)24-20(5)13-10-14-21(24)6/h9-14,17,22,25H,15-16H2,1-8H3. The summed E-state index contributed by atoms with van der Waals surface area (Å²) in [6, 6.07) is 13.4. The average Bonchev–Trinajstić information content (AvgIpc) is 2.93. The van der Waals surface area contributed by atoms with Gasteiger partial charge in [-0.2, -0.15) is 0 Å². The van der Waals surface area contributed by atoms with E-state index in [1.807, 2.05) is 0 Å². The van der Waals surface area contributed by atoms with Gasteiger partial charge in [-0.3, -0.25) is 4.90 Å². The number of hydrogen-bond donors (Lipinski definition) is 0. The number of benzene rings is 2. The van der Waals surface area contributed by atoms with Gasteiger partial charge in [0.25, 0.3) is 0 Å². The molecule has 0 aromatic heterocycles. The molecule has 1 atom stereocenters. The first-order valence-electron chi connectivity index (χ1n) is 10.8. The molecular weight excluding hydrogens is 358 g/mol. The van der Waals surface area contributed by atoms with Gasteiger partial charge in [-0.1, -0.05) is 36.4 Å². The zero-order valence-electron chi connectivity index (χ0n) is 19.4. The molecular formula is C26H37NO2. The molecule has 0 radical (unpaired) electrons. The quantitative estimate of drug-likeness (QED) is 0.610. The van der Waals surface area contributed by atoms with Crippen LogP contribution in [0, 0.1) is 27.7 Å². The molecule has 3 heteroatoms. The normalized spacial score (nSPS) is 19.4. The van der Waals surface area contributed by atoms with E-state index in [9.17, 15) is 0 Å². The van der Waals surface area contributed by atoms with E-state index in [-0.39, 0.29) is 17.9 Å². The van der Waals surface area contributed by atoms with Gasteiger partial charge in [0.1, 0.15) is 11.8 Å². The molecule has 0 N–H and O–H groups in total. The Hall–Kier alpha value is -1.68. The van der Waals surface area contributed by atoms with Crippen LogP contribution in [-0.4, -0.2) is 35.9 Å². The van der Waals surface area contributed by atoms with Crippen molar-refractivity contribution in [2.45, 2.75) is 79.4 Å². The van der Waals surface area contributed by atoms with E-state index in [2.05, 4.69) is 96.7 Å². The Morgan fingerprint density at radius 1 is 0.931 bits per heavy atom. The lowest BCUT2D eigenvalue weighted by atomic mass is 9.88. The molecule has 29 heavy (non-hydrogen) atoms. The molecule has 0 spiro atoms. The van der Waals surface area contributed by atoms with Crippen LogP contribution in [-0.2, 0) is 9.47 Å². The van der Waals surface area contributed by atoms with Gasteiger partial charge in [0.05, 0.1) is 12.7 Å². The van der Waals surface area contributed by atoms with Crippen molar-refractivity contribution < 1.29 is 9.47 Å². The monoisotopic (exact) mass is 395 g/mol. The fourth-order valence-electron chi connectivity index (χ4n) is 4.87. The van der Waals surface area contributed by atoms with Crippen molar-refractivity contribution in [2.24, 2.45) is 0 Å². The summed E-state index contributed by atoms with van der Waals surface area (Å²) in [7, 11) is 0. The summed E-state index contributed by atoms with van der Waals surface area (Å²) >= 11 is 0. The van der Waals surface area contributed by atoms with Crippen LogP contribution >= 0.6 is 0 Å². The van der Waals surface area contributed by atoms with Crippen molar-refractivity contribution in [3.8, 4) is 0 Å². The molecule has 1 unspecified atom stereocenters. The van der Waals surface area contributed by atoms with Crippen LogP contribution < -0.4 is 0 Å². The fraction of sp³-hybridized carbons (Fsp3) is 0.538. The van der Waals surface area contributed by atoms with Crippen LogP contribution in [0.3, 0.4) is 0 Å². The summed E-state index contributed by atoms with van der Waals surface area (Å²) in [5.41, 5.74) is 7.40. The Labute approximate surface area is 177 Å². The highest BCUT2D eigenvalue weighted by molar-refractivity contribution is 5.46. The molecule has 2 aromatic rings. The Morgan fingerprint density at radius 2 is 1.38 bits per heavy atom. The summed E-state index contributed by atoms with van der Waals surface area (Å²) in [6.07, 6.45) is -0.0132. The van der Waals surface area contributed by atoms with E-state index < -0.39 is 0 Å². The zero-order chi connectivity index (χ0) is 21.3. The number of ether oxygens (including phenoxy) is 2. The van der Waals surface area contributed by atoms with Gasteiger partial charge in [-0.15, -0.1) is 0 Å². The van der Waals surface area contributed by atoms with E-state index in [4.69, 9.17) is 9.47 Å². The van der Waals surface area contributed by atoms with Crippen LogP contribution in [0.1, 0.15) is 67.2 Å². The molecule has 2 aromatic carbocycles. The van der Waals surface area contributed by atoms with Crippen LogP contribution in [0.5, 0.6) is 0 Å². The molecule has 1 fully saturated rings. The minimum Gasteiger partial charge on any atom is -0.366 e. The molecule has 3 rings (SSSR count). The van der Waals surface area contributed by atoms with Crippen molar-refractivity contribution in [1.29, 1.82) is 0 Å². The van der Waals surface area contributed by atoms with E-state index in [0.717, 1.165) is 6.54 Å². The number of aryl methyl sites for hydroxylation is 4. The minimum atomic E-state index is -0.255. The highest BCUT2D eigenvalue weighted by Gasteiger charge is 2.41. The molecule has 3 nitrogen and oxygen atoms in total. The maximum atomic E-state index is 6.69. The molecule has 158 valence electrons. The zero-order valence-corrected chi connectivity index (χ0v) is 19.4. The number of rotatable bonds is 6. The summed E-state index contributed by atoms with van der Waals surface area (Å²) in [4.78, 5) is 2.41. The molecule has 1 saturated heterocycles. The maximum absolute atomic E-state index is 6.69. The summed E-state index contributed by atoms with van der Waals surface area (Å²) in [5, 5.41) is 0. The average molecular weight is 396 g/mol. The SMILES string of the molecule is Cc1cccc(C)c1C(OCC1CN(C(C)C)C(C)(C)O1)c1c(C)cccc1C. The van der Waals surface area contributed by atoms with Gasteiger partial charge >= 0.3 is 0 Å². The molecule has 0 bridgehead atoms. The van der Waals surface area contributed by atoms with Crippen molar-refractivity contribution in [2.75, 3.05) is 13.2 Å². The van der Waals surface area contributed by atoms with Gasteiger partial charge in [0.2, 0.25) is 0 Å². The van der Waals surface area contributed by atoms with Crippen LogP contribution in [0.15, 0.2) is 36.4 Å². The van der Waals surface area contributed by atoms with Crippen LogP contribution in [0.25, 0.3) is 0 Å². The molecule has 1 aliphatic heterocycles. The van der Waals surface area contributed by atoms with E-state index >= 15 is 0 Å². The first kappa shape index (κ1) is 22.0. The Kier molecular flexibility index (Phi) is 6.52. The predicted octanol–water partition coefficient (Wildman–Crippen LogP) is 5.87. The fourth-order valence-corrected chi connectivity index (χ4v) is 4.87. The molecule has 0 saturated carbocycles.